The third-order valence-electron chi connectivity index (χ3n) is 3.15. The number of nitrogens with one attached hydrogen (secondary N) is 2. The Labute approximate surface area is 111 Å². The van der Waals surface area contributed by atoms with Crippen LogP contribution in [0, 0.1) is 0 Å². The number of hydrogen-bond acceptors (Lipinski definition) is 8. The number of anilines is 2. The minimum atomic E-state index is -0.787. The van der Waals surface area contributed by atoms with Crippen molar-refractivity contribution in [1.82, 2.24) is 9.97 Å². The van der Waals surface area contributed by atoms with Gasteiger partial charge in [-0.15, -0.1) is 0 Å². The predicted octanol–water partition coefficient (Wildman–Crippen LogP) is -0.276. The van der Waals surface area contributed by atoms with Gasteiger partial charge in [-0.3, -0.25) is 0 Å². The lowest BCUT2D eigenvalue weighted by molar-refractivity contribution is -0.0543. The molecule has 0 atom stereocenters. The fraction of sp³-hybridized carbons (Fsp3) is 0.636. The molecule has 8 heteroatoms. The summed E-state index contributed by atoms with van der Waals surface area (Å²) in [6.07, 6.45) is 2.55. The SMILES string of the molecule is COc1c(NN)ncnc1NCC1(O)CCOCC1. The molecule has 106 valence electrons. The second-order valence-electron chi connectivity index (χ2n) is 4.44. The molecule has 0 radical (unpaired) electrons. The number of hydrazine groups is 1. The molecule has 0 unspecified atom stereocenters. The highest BCUT2D eigenvalue weighted by atomic mass is 16.5. The summed E-state index contributed by atoms with van der Waals surface area (Å²) in [6, 6.07) is 0. The van der Waals surface area contributed by atoms with Crippen LogP contribution in [0.25, 0.3) is 0 Å². The molecule has 5 N–H and O–H groups in total. The monoisotopic (exact) mass is 269 g/mol. The van der Waals surface area contributed by atoms with E-state index in [4.69, 9.17) is 15.3 Å². The van der Waals surface area contributed by atoms with Crippen LogP contribution in [0.2, 0.25) is 0 Å². The Morgan fingerprint density at radius 2 is 2.11 bits per heavy atom. The number of hydrogen-bond donors (Lipinski definition) is 4. The molecule has 1 aromatic heterocycles. The summed E-state index contributed by atoms with van der Waals surface area (Å²) in [5.74, 6) is 6.64. The van der Waals surface area contributed by atoms with E-state index in [9.17, 15) is 5.11 Å². The number of rotatable bonds is 5. The zero-order chi connectivity index (χ0) is 13.7. The van der Waals surface area contributed by atoms with Crippen LogP contribution < -0.4 is 21.3 Å². The topological polar surface area (TPSA) is 115 Å². The molecule has 2 rings (SSSR count). The maximum Gasteiger partial charge on any atom is 0.205 e. The number of aliphatic hydroxyl groups is 1. The standard InChI is InChI=1S/C11H19N5O3/c1-18-8-9(14-7-15-10(8)16-12)13-6-11(17)2-4-19-5-3-11/h7,17H,2-6,12H2,1H3,(H2,13,14,15,16). The maximum atomic E-state index is 10.4. The molecule has 0 spiro atoms. The number of nitrogen functional groups attached to an aromatic ring is 1. The molecule has 1 aliphatic rings. The molecule has 1 fully saturated rings. The van der Waals surface area contributed by atoms with Crippen molar-refractivity contribution < 1.29 is 14.6 Å². The van der Waals surface area contributed by atoms with Crippen molar-refractivity contribution in [2.75, 3.05) is 37.6 Å². The summed E-state index contributed by atoms with van der Waals surface area (Å²) in [5, 5.41) is 13.4. The molecule has 2 heterocycles. The fourth-order valence-corrected chi connectivity index (χ4v) is 1.97. The van der Waals surface area contributed by atoms with Crippen LogP contribution >= 0.6 is 0 Å². The van der Waals surface area contributed by atoms with Crippen LogP contribution in [0.15, 0.2) is 6.33 Å². The third-order valence-corrected chi connectivity index (χ3v) is 3.15. The van der Waals surface area contributed by atoms with Gasteiger partial charge in [0.05, 0.1) is 12.7 Å². The molecule has 0 bridgehead atoms. The Kier molecular flexibility index (Phi) is 4.35. The molecule has 19 heavy (non-hydrogen) atoms. The predicted molar refractivity (Wildman–Crippen MR) is 69.9 cm³/mol. The van der Waals surface area contributed by atoms with Crippen LogP contribution in [0.3, 0.4) is 0 Å². The van der Waals surface area contributed by atoms with Crippen LogP contribution in [0.5, 0.6) is 5.75 Å². The molecule has 8 nitrogen and oxygen atoms in total. The number of nitrogens with two attached hydrogens (primary N) is 1. The van der Waals surface area contributed by atoms with Crippen molar-refractivity contribution in [3.63, 3.8) is 0 Å². The Bertz CT molecular complexity index is 423. The molecule has 0 aliphatic carbocycles. The van der Waals surface area contributed by atoms with E-state index >= 15 is 0 Å². The summed E-state index contributed by atoms with van der Waals surface area (Å²) >= 11 is 0. The second-order valence-corrected chi connectivity index (χ2v) is 4.44. The Balaban J connectivity index is 2.06. The van der Waals surface area contributed by atoms with Crippen molar-refractivity contribution in [2.24, 2.45) is 5.84 Å². The van der Waals surface area contributed by atoms with E-state index in [1.165, 1.54) is 13.4 Å². The average molecular weight is 269 g/mol. The van der Waals surface area contributed by atoms with Gasteiger partial charge in [-0.05, 0) is 0 Å². The third kappa shape index (κ3) is 3.22. The molecule has 1 saturated heterocycles. The Hall–Kier alpha value is -1.64. The summed E-state index contributed by atoms with van der Waals surface area (Å²) in [5.41, 5.74) is 1.65. The lowest BCUT2D eigenvalue weighted by atomic mass is 9.94. The van der Waals surface area contributed by atoms with Crippen molar-refractivity contribution in [3.8, 4) is 5.75 Å². The van der Waals surface area contributed by atoms with Gasteiger partial charge >= 0.3 is 0 Å². The zero-order valence-electron chi connectivity index (χ0n) is 10.8. The number of aromatic nitrogens is 2. The quantitative estimate of drug-likeness (QED) is 0.426. The van der Waals surface area contributed by atoms with Gasteiger partial charge in [-0.1, -0.05) is 0 Å². The van der Waals surface area contributed by atoms with Crippen molar-refractivity contribution in [1.29, 1.82) is 0 Å². The highest BCUT2D eigenvalue weighted by Gasteiger charge is 2.30. The second kappa shape index (κ2) is 6.00. The number of methoxy groups -OCH3 is 1. The van der Waals surface area contributed by atoms with Crippen LogP contribution in [-0.2, 0) is 4.74 Å². The van der Waals surface area contributed by atoms with Crippen molar-refractivity contribution in [2.45, 2.75) is 18.4 Å². The van der Waals surface area contributed by atoms with E-state index in [0.717, 1.165) is 0 Å². The van der Waals surface area contributed by atoms with E-state index < -0.39 is 5.60 Å². The Morgan fingerprint density at radius 3 is 2.74 bits per heavy atom. The zero-order valence-corrected chi connectivity index (χ0v) is 10.8. The Morgan fingerprint density at radius 1 is 1.42 bits per heavy atom. The van der Waals surface area contributed by atoms with Gasteiger partial charge in [-0.25, -0.2) is 15.8 Å². The number of nitrogens with zero attached hydrogens (tertiary/aromatic N) is 2. The molecule has 1 aromatic rings. The minimum absolute atomic E-state index is 0.369. The van der Waals surface area contributed by atoms with Crippen molar-refractivity contribution in [3.05, 3.63) is 6.33 Å². The van der Waals surface area contributed by atoms with Gasteiger partial charge in [0, 0.05) is 32.6 Å². The highest BCUT2D eigenvalue weighted by Crippen LogP contribution is 2.29. The van der Waals surface area contributed by atoms with Gasteiger partial charge in [0.15, 0.2) is 11.6 Å². The molecule has 0 aromatic carbocycles. The summed E-state index contributed by atoms with van der Waals surface area (Å²) < 4.78 is 10.4. The first-order valence-electron chi connectivity index (χ1n) is 6.08. The van der Waals surface area contributed by atoms with Crippen LogP contribution in [-0.4, -0.2) is 47.5 Å². The van der Waals surface area contributed by atoms with E-state index in [1.807, 2.05) is 0 Å². The smallest absolute Gasteiger partial charge is 0.205 e. The van der Waals surface area contributed by atoms with Gasteiger partial charge in [0.25, 0.3) is 0 Å². The molecule has 1 aliphatic heterocycles. The minimum Gasteiger partial charge on any atom is -0.490 e. The largest absolute Gasteiger partial charge is 0.490 e. The van der Waals surface area contributed by atoms with E-state index in [2.05, 4.69) is 20.7 Å². The summed E-state index contributed by atoms with van der Waals surface area (Å²) in [7, 11) is 1.51. The van der Waals surface area contributed by atoms with Gasteiger partial charge in [-0.2, -0.15) is 0 Å². The lowest BCUT2D eigenvalue weighted by Crippen LogP contribution is -2.42. The van der Waals surface area contributed by atoms with Gasteiger partial charge < -0.3 is 25.3 Å². The first-order valence-corrected chi connectivity index (χ1v) is 6.08. The van der Waals surface area contributed by atoms with Crippen LogP contribution in [0.1, 0.15) is 12.8 Å². The van der Waals surface area contributed by atoms with E-state index in [0.29, 0.717) is 50.0 Å². The molecular formula is C11H19N5O3. The molecule has 0 saturated carbocycles. The normalized spacial score (nSPS) is 17.8. The van der Waals surface area contributed by atoms with Crippen molar-refractivity contribution >= 4 is 11.6 Å². The maximum absolute atomic E-state index is 10.4. The highest BCUT2D eigenvalue weighted by molar-refractivity contribution is 5.63. The molecule has 0 amide bonds. The van der Waals surface area contributed by atoms with E-state index in [1.54, 1.807) is 0 Å². The van der Waals surface area contributed by atoms with Gasteiger partial charge in [0.1, 0.15) is 6.33 Å². The van der Waals surface area contributed by atoms with E-state index in [-0.39, 0.29) is 0 Å². The average Bonchev–Trinajstić information content (AvgIpc) is 2.45. The fourth-order valence-electron chi connectivity index (χ4n) is 1.97. The molecular weight excluding hydrogens is 250 g/mol. The van der Waals surface area contributed by atoms with Gasteiger partial charge in [0.2, 0.25) is 5.75 Å². The first-order chi connectivity index (χ1) is 9.18. The number of ether oxygens (including phenoxy) is 2. The summed E-state index contributed by atoms with van der Waals surface area (Å²) in [6.45, 7) is 1.50. The first kappa shape index (κ1) is 13.8. The van der Waals surface area contributed by atoms with Crippen LogP contribution in [0.4, 0.5) is 11.6 Å². The lowest BCUT2D eigenvalue weighted by Gasteiger charge is -2.32. The summed E-state index contributed by atoms with van der Waals surface area (Å²) in [4.78, 5) is 8.03.